The van der Waals surface area contributed by atoms with Crippen molar-refractivity contribution in [2.45, 2.75) is 30.8 Å². The molecule has 0 bridgehead atoms. The fourth-order valence-electron chi connectivity index (χ4n) is 4.56. The first-order chi connectivity index (χ1) is 10.3. The van der Waals surface area contributed by atoms with Crippen LogP contribution in [0.1, 0.15) is 30.4 Å². The van der Waals surface area contributed by atoms with Crippen LogP contribution in [-0.2, 0) is 5.41 Å². The van der Waals surface area contributed by atoms with Gasteiger partial charge in [0.1, 0.15) is 0 Å². The minimum Gasteiger partial charge on any atom is -0.392 e. The molecular formula is C18H24N2O. The van der Waals surface area contributed by atoms with Gasteiger partial charge in [0.25, 0.3) is 0 Å². The maximum absolute atomic E-state index is 10.5. The number of fused-ring (bicyclic) bond motifs is 2. The second kappa shape index (κ2) is 5.24. The Morgan fingerprint density at radius 3 is 2.67 bits per heavy atom. The van der Waals surface area contributed by atoms with Crippen LogP contribution in [0.2, 0.25) is 0 Å². The largest absolute Gasteiger partial charge is 0.392 e. The Morgan fingerprint density at radius 2 is 1.86 bits per heavy atom. The molecule has 0 saturated carbocycles. The van der Waals surface area contributed by atoms with E-state index in [1.165, 1.54) is 16.7 Å². The quantitative estimate of drug-likeness (QED) is 0.735. The van der Waals surface area contributed by atoms with E-state index in [1.54, 1.807) is 0 Å². The molecule has 112 valence electrons. The molecule has 0 amide bonds. The van der Waals surface area contributed by atoms with Crippen molar-refractivity contribution in [1.29, 1.82) is 0 Å². The predicted octanol–water partition coefficient (Wildman–Crippen LogP) is 1.68. The number of hydrogen-bond acceptors (Lipinski definition) is 3. The second-order valence-corrected chi connectivity index (χ2v) is 6.69. The highest BCUT2D eigenvalue weighted by atomic mass is 16.3. The van der Waals surface area contributed by atoms with Gasteiger partial charge in [-0.05, 0) is 50.0 Å². The van der Waals surface area contributed by atoms with E-state index in [4.69, 9.17) is 0 Å². The number of benzene rings is 1. The molecule has 1 aromatic carbocycles. The minimum atomic E-state index is -0.196. The number of rotatable bonds is 1. The lowest BCUT2D eigenvalue weighted by atomic mass is 9.65. The molecule has 3 aliphatic rings. The number of aliphatic hydroxyl groups excluding tert-OH is 1. The third kappa shape index (κ3) is 2.07. The standard InChI is InChI=1S/C18H24N2O/c21-17-5-8-20-12-14(17)16-11-13-3-1-2-4-15(13)18(16)6-9-19-10-7-18/h1-4,11,14,17,19-21H,5-10,12H2. The summed E-state index contributed by atoms with van der Waals surface area (Å²) < 4.78 is 0. The van der Waals surface area contributed by atoms with E-state index in [-0.39, 0.29) is 17.4 Å². The van der Waals surface area contributed by atoms with Crippen molar-refractivity contribution in [2.24, 2.45) is 5.92 Å². The smallest absolute Gasteiger partial charge is 0.0630 e. The lowest BCUT2D eigenvalue weighted by Crippen LogP contribution is -2.47. The molecule has 2 unspecified atom stereocenters. The average Bonchev–Trinajstić information content (AvgIpc) is 2.83. The Labute approximate surface area is 126 Å². The van der Waals surface area contributed by atoms with E-state index in [0.717, 1.165) is 45.4 Å². The van der Waals surface area contributed by atoms with Gasteiger partial charge >= 0.3 is 0 Å². The predicted molar refractivity (Wildman–Crippen MR) is 85.2 cm³/mol. The number of nitrogens with one attached hydrogen (secondary N) is 2. The molecule has 1 aliphatic carbocycles. The van der Waals surface area contributed by atoms with Crippen LogP contribution in [0.15, 0.2) is 29.8 Å². The van der Waals surface area contributed by atoms with Gasteiger partial charge in [-0.25, -0.2) is 0 Å². The summed E-state index contributed by atoms with van der Waals surface area (Å²) in [5.41, 5.74) is 4.49. The zero-order valence-electron chi connectivity index (χ0n) is 12.4. The van der Waals surface area contributed by atoms with Crippen LogP contribution in [0.3, 0.4) is 0 Å². The molecule has 21 heavy (non-hydrogen) atoms. The van der Waals surface area contributed by atoms with E-state index in [9.17, 15) is 5.11 Å². The monoisotopic (exact) mass is 284 g/mol. The zero-order valence-corrected chi connectivity index (χ0v) is 12.4. The molecule has 0 radical (unpaired) electrons. The molecule has 2 heterocycles. The third-order valence-corrected chi connectivity index (χ3v) is 5.64. The van der Waals surface area contributed by atoms with E-state index in [2.05, 4.69) is 41.0 Å². The molecule has 1 aromatic rings. The Hall–Kier alpha value is -1.16. The van der Waals surface area contributed by atoms with Gasteiger partial charge < -0.3 is 15.7 Å². The van der Waals surface area contributed by atoms with Gasteiger partial charge in [-0.1, -0.05) is 35.9 Å². The maximum Gasteiger partial charge on any atom is 0.0630 e. The Bertz CT molecular complexity index is 560. The van der Waals surface area contributed by atoms with Crippen molar-refractivity contribution >= 4 is 6.08 Å². The Balaban J connectivity index is 1.78. The van der Waals surface area contributed by atoms with Gasteiger partial charge in [0.15, 0.2) is 0 Å². The van der Waals surface area contributed by atoms with Gasteiger partial charge in [-0.15, -0.1) is 0 Å². The molecule has 3 heteroatoms. The fraction of sp³-hybridized carbons (Fsp3) is 0.556. The van der Waals surface area contributed by atoms with Crippen molar-refractivity contribution in [1.82, 2.24) is 10.6 Å². The van der Waals surface area contributed by atoms with Gasteiger partial charge in [0, 0.05) is 17.9 Å². The van der Waals surface area contributed by atoms with Crippen molar-refractivity contribution in [2.75, 3.05) is 26.2 Å². The average molecular weight is 284 g/mol. The zero-order chi connectivity index (χ0) is 14.3. The van der Waals surface area contributed by atoms with Crippen LogP contribution in [0, 0.1) is 5.92 Å². The summed E-state index contributed by atoms with van der Waals surface area (Å²) >= 11 is 0. The van der Waals surface area contributed by atoms with Gasteiger partial charge in [-0.2, -0.15) is 0 Å². The van der Waals surface area contributed by atoms with E-state index in [1.807, 2.05) is 0 Å². The first kappa shape index (κ1) is 13.5. The van der Waals surface area contributed by atoms with Crippen LogP contribution >= 0.6 is 0 Å². The molecule has 3 N–H and O–H groups in total. The molecule has 4 rings (SSSR count). The molecule has 2 aliphatic heterocycles. The molecule has 2 saturated heterocycles. The normalized spacial score (nSPS) is 31.0. The highest BCUT2D eigenvalue weighted by molar-refractivity contribution is 5.70. The Morgan fingerprint density at radius 1 is 1.05 bits per heavy atom. The van der Waals surface area contributed by atoms with Crippen molar-refractivity contribution in [3.8, 4) is 0 Å². The minimum absolute atomic E-state index is 0.159. The SMILES string of the molecule is OC1CCNCC1C1=Cc2ccccc2C12CCNCC2. The van der Waals surface area contributed by atoms with Gasteiger partial charge in [0.2, 0.25) is 0 Å². The molecule has 2 fully saturated rings. The van der Waals surface area contributed by atoms with Crippen LogP contribution in [-0.4, -0.2) is 37.4 Å². The van der Waals surface area contributed by atoms with Crippen molar-refractivity contribution in [3.05, 3.63) is 41.0 Å². The van der Waals surface area contributed by atoms with Crippen LogP contribution in [0.4, 0.5) is 0 Å². The van der Waals surface area contributed by atoms with E-state index in [0.29, 0.717) is 0 Å². The van der Waals surface area contributed by atoms with Gasteiger partial charge in [-0.3, -0.25) is 0 Å². The maximum atomic E-state index is 10.5. The number of hydrogen-bond donors (Lipinski definition) is 3. The summed E-state index contributed by atoms with van der Waals surface area (Å²) in [4.78, 5) is 0. The van der Waals surface area contributed by atoms with Crippen LogP contribution < -0.4 is 10.6 Å². The van der Waals surface area contributed by atoms with Crippen LogP contribution in [0.5, 0.6) is 0 Å². The van der Waals surface area contributed by atoms with Gasteiger partial charge in [0.05, 0.1) is 6.10 Å². The molecular weight excluding hydrogens is 260 g/mol. The molecule has 1 spiro atoms. The first-order valence-corrected chi connectivity index (χ1v) is 8.22. The highest BCUT2D eigenvalue weighted by Crippen LogP contribution is 2.51. The number of piperidine rings is 2. The molecule has 2 atom stereocenters. The summed E-state index contributed by atoms with van der Waals surface area (Å²) in [5.74, 6) is 0.268. The second-order valence-electron chi connectivity index (χ2n) is 6.69. The fourth-order valence-corrected chi connectivity index (χ4v) is 4.56. The first-order valence-electron chi connectivity index (χ1n) is 8.22. The van der Waals surface area contributed by atoms with Crippen molar-refractivity contribution < 1.29 is 5.11 Å². The summed E-state index contributed by atoms with van der Waals surface area (Å²) in [7, 11) is 0. The number of aliphatic hydroxyl groups is 1. The lowest BCUT2D eigenvalue weighted by Gasteiger charge is -2.43. The van der Waals surface area contributed by atoms with E-state index < -0.39 is 0 Å². The Kier molecular flexibility index (Phi) is 3.37. The molecule has 0 aromatic heterocycles. The summed E-state index contributed by atoms with van der Waals surface area (Å²) in [6, 6.07) is 8.82. The third-order valence-electron chi connectivity index (χ3n) is 5.64. The highest BCUT2D eigenvalue weighted by Gasteiger charge is 2.46. The summed E-state index contributed by atoms with van der Waals surface area (Å²) in [5, 5.41) is 17.5. The van der Waals surface area contributed by atoms with Crippen molar-refractivity contribution in [3.63, 3.8) is 0 Å². The summed E-state index contributed by atoms with van der Waals surface area (Å²) in [6.45, 7) is 3.99. The van der Waals surface area contributed by atoms with Crippen LogP contribution in [0.25, 0.3) is 6.08 Å². The molecule has 3 nitrogen and oxygen atoms in total. The summed E-state index contributed by atoms with van der Waals surface area (Å²) in [6.07, 6.45) is 5.35. The van der Waals surface area contributed by atoms with E-state index >= 15 is 0 Å². The topological polar surface area (TPSA) is 44.3 Å². The lowest BCUT2D eigenvalue weighted by molar-refractivity contribution is 0.0876.